The van der Waals surface area contributed by atoms with Crippen molar-refractivity contribution in [3.63, 3.8) is 0 Å². The third-order valence-corrected chi connectivity index (χ3v) is 4.64. The minimum Gasteiger partial charge on any atom is -0.349 e. The number of hydrogen-bond donors (Lipinski definition) is 1. The molecule has 2 heterocycles. The van der Waals surface area contributed by atoms with Crippen molar-refractivity contribution < 1.29 is 14.4 Å². The highest BCUT2D eigenvalue weighted by atomic mass is 16.2. The van der Waals surface area contributed by atoms with Gasteiger partial charge in [-0.05, 0) is 41.1 Å². The molecule has 0 fully saturated rings. The van der Waals surface area contributed by atoms with Crippen molar-refractivity contribution in [1.82, 2.24) is 30.4 Å². The summed E-state index contributed by atoms with van der Waals surface area (Å²) in [6.07, 6.45) is 0.557. The molecule has 0 unspecified atom stereocenters. The topological polar surface area (TPSA) is 110 Å². The van der Waals surface area contributed by atoms with Gasteiger partial charge in [-0.25, -0.2) is 0 Å². The quantitative estimate of drug-likeness (QED) is 0.610. The zero-order valence-electron chi connectivity index (χ0n) is 15.5. The van der Waals surface area contributed by atoms with Crippen LogP contribution in [-0.2, 0) is 11.3 Å². The second-order valence-electron chi connectivity index (χ2n) is 6.53. The fourth-order valence-corrected chi connectivity index (χ4v) is 3.19. The average molecular weight is 390 g/mol. The molecule has 3 amide bonds. The fraction of sp³-hybridized carbons (Fsp3) is 0.200. The first-order valence-electron chi connectivity index (χ1n) is 9.20. The summed E-state index contributed by atoms with van der Waals surface area (Å²) in [6, 6.07) is 16.1. The molecule has 1 aliphatic heterocycles. The van der Waals surface area contributed by atoms with E-state index in [1.807, 2.05) is 30.3 Å². The van der Waals surface area contributed by atoms with E-state index in [9.17, 15) is 14.4 Å². The first-order chi connectivity index (χ1) is 14.1. The molecule has 3 aromatic rings. The zero-order chi connectivity index (χ0) is 20.2. The lowest BCUT2D eigenvalue weighted by atomic mass is 10.1. The van der Waals surface area contributed by atoms with E-state index in [0.717, 1.165) is 5.69 Å². The normalized spacial score (nSPS) is 12.9. The van der Waals surface area contributed by atoms with Crippen LogP contribution in [0.4, 0.5) is 0 Å². The van der Waals surface area contributed by atoms with Crippen molar-refractivity contribution in [2.75, 3.05) is 6.54 Å². The Morgan fingerprint density at radius 1 is 0.931 bits per heavy atom. The van der Waals surface area contributed by atoms with Crippen molar-refractivity contribution >= 4 is 17.7 Å². The van der Waals surface area contributed by atoms with Crippen molar-refractivity contribution in [2.24, 2.45) is 0 Å². The van der Waals surface area contributed by atoms with Crippen molar-refractivity contribution in [3.05, 3.63) is 71.5 Å². The van der Waals surface area contributed by atoms with E-state index in [0.29, 0.717) is 23.4 Å². The Balaban J connectivity index is 1.28. The van der Waals surface area contributed by atoms with Crippen LogP contribution in [0.1, 0.15) is 39.4 Å². The Labute approximate surface area is 166 Å². The summed E-state index contributed by atoms with van der Waals surface area (Å²) >= 11 is 0. The number of carbonyl (C=O) groups excluding carboxylic acids is 3. The number of rotatable bonds is 7. The minimum absolute atomic E-state index is 0.174. The highest BCUT2D eigenvalue weighted by Crippen LogP contribution is 2.22. The summed E-state index contributed by atoms with van der Waals surface area (Å²) in [5.41, 5.74) is 1.62. The molecule has 29 heavy (non-hydrogen) atoms. The van der Waals surface area contributed by atoms with Crippen LogP contribution in [0.15, 0.2) is 54.6 Å². The number of benzene rings is 2. The number of carbonyl (C=O) groups is 3. The molecule has 1 aliphatic rings. The lowest BCUT2D eigenvalue weighted by Gasteiger charge is -2.13. The second kappa shape index (κ2) is 8.01. The summed E-state index contributed by atoms with van der Waals surface area (Å²) < 4.78 is 1.55. The smallest absolute Gasteiger partial charge is 0.261 e. The lowest BCUT2D eigenvalue weighted by molar-refractivity contribution is -0.121. The maximum absolute atomic E-state index is 12.3. The van der Waals surface area contributed by atoms with Gasteiger partial charge in [-0.2, -0.15) is 4.68 Å². The molecule has 0 bridgehead atoms. The van der Waals surface area contributed by atoms with E-state index >= 15 is 0 Å². The van der Waals surface area contributed by atoms with Gasteiger partial charge in [-0.1, -0.05) is 30.3 Å². The molecule has 0 atom stereocenters. The summed E-state index contributed by atoms with van der Waals surface area (Å²) in [7, 11) is 0. The third kappa shape index (κ3) is 3.75. The number of aromatic nitrogens is 4. The SMILES string of the molecule is O=C(CCCN1C(=O)c2ccccc2C1=O)NCc1nnnn1-c1ccccc1. The molecule has 146 valence electrons. The van der Waals surface area contributed by atoms with Gasteiger partial charge in [0.2, 0.25) is 5.91 Å². The predicted molar refractivity (Wildman–Crippen MR) is 102 cm³/mol. The maximum atomic E-state index is 12.3. The molecule has 2 aromatic carbocycles. The Kier molecular flexibility index (Phi) is 5.10. The Bertz CT molecular complexity index is 1030. The van der Waals surface area contributed by atoms with Crippen LogP contribution in [0.3, 0.4) is 0 Å². The Morgan fingerprint density at radius 2 is 1.59 bits per heavy atom. The van der Waals surface area contributed by atoms with Crippen molar-refractivity contribution in [2.45, 2.75) is 19.4 Å². The van der Waals surface area contributed by atoms with Gasteiger partial charge < -0.3 is 5.32 Å². The summed E-state index contributed by atoms with van der Waals surface area (Å²) in [6.45, 7) is 0.370. The highest BCUT2D eigenvalue weighted by molar-refractivity contribution is 6.21. The number of amides is 3. The molecule has 0 saturated carbocycles. The number of nitrogens with one attached hydrogen (secondary N) is 1. The number of nitrogens with zero attached hydrogens (tertiary/aromatic N) is 5. The number of para-hydroxylation sites is 1. The van der Waals surface area contributed by atoms with Crippen LogP contribution in [0.2, 0.25) is 0 Å². The molecule has 0 spiro atoms. The van der Waals surface area contributed by atoms with Crippen LogP contribution in [0, 0.1) is 0 Å². The molecular weight excluding hydrogens is 372 g/mol. The first-order valence-corrected chi connectivity index (χ1v) is 9.20. The fourth-order valence-electron chi connectivity index (χ4n) is 3.19. The lowest BCUT2D eigenvalue weighted by Crippen LogP contribution is -2.32. The van der Waals surface area contributed by atoms with Crippen LogP contribution in [0.5, 0.6) is 0 Å². The van der Waals surface area contributed by atoms with E-state index in [1.54, 1.807) is 28.9 Å². The number of tetrazole rings is 1. The molecule has 9 nitrogen and oxygen atoms in total. The number of imide groups is 1. The molecule has 1 N–H and O–H groups in total. The average Bonchev–Trinajstić information content (AvgIpc) is 3.32. The molecule has 1 aromatic heterocycles. The van der Waals surface area contributed by atoms with E-state index in [-0.39, 0.29) is 37.2 Å². The van der Waals surface area contributed by atoms with Gasteiger partial charge in [0.25, 0.3) is 11.8 Å². The molecule has 9 heteroatoms. The van der Waals surface area contributed by atoms with Gasteiger partial charge in [0.05, 0.1) is 23.4 Å². The summed E-state index contributed by atoms with van der Waals surface area (Å²) in [4.78, 5) is 38.0. The van der Waals surface area contributed by atoms with Crippen LogP contribution in [-0.4, -0.2) is 49.4 Å². The first kappa shape index (κ1) is 18.5. The highest BCUT2D eigenvalue weighted by Gasteiger charge is 2.34. The standard InChI is InChI=1S/C20H18N6O3/c27-18(21-13-17-22-23-24-26(17)14-7-2-1-3-8-14)11-6-12-25-19(28)15-9-4-5-10-16(15)20(25)29/h1-5,7-10H,6,11-13H2,(H,21,27). The molecule has 0 saturated heterocycles. The number of fused-ring (bicyclic) bond motifs is 1. The van der Waals surface area contributed by atoms with Gasteiger partial charge in [-0.3, -0.25) is 19.3 Å². The van der Waals surface area contributed by atoms with Crippen LogP contribution >= 0.6 is 0 Å². The Morgan fingerprint density at radius 3 is 2.28 bits per heavy atom. The van der Waals surface area contributed by atoms with Gasteiger partial charge in [0.1, 0.15) is 0 Å². The third-order valence-electron chi connectivity index (χ3n) is 4.64. The van der Waals surface area contributed by atoms with E-state index in [4.69, 9.17) is 0 Å². The zero-order valence-corrected chi connectivity index (χ0v) is 15.5. The molecule has 4 rings (SSSR count). The van der Waals surface area contributed by atoms with Crippen molar-refractivity contribution in [1.29, 1.82) is 0 Å². The largest absolute Gasteiger partial charge is 0.349 e. The van der Waals surface area contributed by atoms with E-state index in [1.165, 1.54) is 4.90 Å². The van der Waals surface area contributed by atoms with Gasteiger partial charge in [-0.15, -0.1) is 5.10 Å². The van der Waals surface area contributed by atoms with Crippen molar-refractivity contribution in [3.8, 4) is 5.69 Å². The number of hydrogen-bond acceptors (Lipinski definition) is 6. The van der Waals surface area contributed by atoms with E-state index in [2.05, 4.69) is 20.8 Å². The van der Waals surface area contributed by atoms with Gasteiger partial charge in [0.15, 0.2) is 5.82 Å². The maximum Gasteiger partial charge on any atom is 0.261 e. The predicted octanol–water partition coefficient (Wildman–Crippen LogP) is 1.35. The molecule has 0 aliphatic carbocycles. The van der Waals surface area contributed by atoms with Crippen LogP contribution in [0.25, 0.3) is 5.69 Å². The van der Waals surface area contributed by atoms with Gasteiger partial charge >= 0.3 is 0 Å². The van der Waals surface area contributed by atoms with Gasteiger partial charge in [0, 0.05) is 13.0 Å². The molecular formula is C20H18N6O3. The van der Waals surface area contributed by atoms with E-state index < -0.39 is 0 Å². The molecule has 0 radical (unpaired) electrons. The summed E-state index contributed by atoms with van der Waals surface area (Å²) in [5, 5.41) is 14.3. The monoisotopic (exact) mass is 390 g/mol. The second-order valence-corrected chi connectivity index (χ2v) is 6.53. The summed E-state index contributed by atoms with van der Waals surface area (Å²) in [5.74, 6) is -0.324. The van der Waals surface area contributed by atoms with Crippen LogP contribution < -0.4 is 5.32 Å². The Hall–Kier alpha value is -3.88. The minimum atomic E-state index is -0.312.